The summed E-state index contributed by atoms with van der Waals surface area (Å²) >= 11 is 4.15. The third kappa shape index (κ3) is 5.68. The molecule has 25 heavy (non-hydrogen) atoms. The standard InChI is InChI=1S/C13H21N3O7S2/c1-25(23)5-7(13(21)22)16-10(18)9(11(16)24)15-8(17)4-2-3-6(14)12(19)20/h6-7,9,11,24H,2-5,14H2,1H3,(H,15,17)(H,19,20)(H,21,22)/t6-,7+,9+,11+,25+/m0/s1. The molecule has 5 N–H and O–H groups in total. The van der Waals surface area contributed by atoms with Crippen LogP contribution in [-0.4, -0.2) is 78.6 Å². The fraction of sp³-hybridized carbons (Fsp3) is 0.692. The number of carbonyl (C=O) groups is 4. The van der Waals surface area contributed by atoms with E-state index in [1.54, 1.807) is 0 Å². The first-order valence-electron chi connectivity index (χ1n) is 7.37. The van der Waals surface area contributed by atoms with E-state index in [0.29, 0.717) is 0 Å². The molecule has 0 radical (unpaired) electrons. The quantitative estimate of drug-likeness (QED) is 0.209. The Morgan fingerprint density at radius 1 is 1.36 bits per heavy atom. The van der Waals surface area contributed by atoms with Gasteiger partial charge in [0.1, 0.15) is 23.5 Å². The van der Waals surface area contributed by atoms with Crippen LogP contribution in [-0.2, 0) is 30.0 Å². The molecule has 1 heterocycles. The first kappa shape index (κ1) is 21.4. The highest BCUT2D eigenvalue weighted by Crippen LogP contribution is 2.27. The Morgan fingerprint density at radius 3 is 2.40 bits per heavy atom. The molecule has 0 bridgehead atoms. The van der Waals surface area contributed by atoms with Gasteiger partial charge in [0.15, 0.2) is 0 Å². The van der Waals surface area contributed by atoms with Crippen LogP contribution in [0.5, 0.6) is 0 Å². The maximum Gasteiger partial charge on any atom is 0.327 e. The first-order valence-corrected chi connectivity index (χ1v) is 9.61. The second-order valence-corrected chi connectivity index (χ2v) is 7.64. The van der Waals surface area contributed by atoms with E-state index in [9.17, 15) is 23.4 Å². The summed E-state index contributed by atoms with van der Waals surface area (Å²) in [6.45, 7) is 0. The number of carboxylic acids is 2. The molecular formula is C13H21N3O7S2. The predicted molar refractivity (Wildman–Crippen MR) is 91.4 cm³/mol. The minimum Gasteiger partial charge on any atom is -0.480 e. The number of nitrogens with zero attached hydrogens (tertiary/aromatic N) is 1. The van der Waals surface area contributed by atoms with Crippen molar-refractivity contribution < 1.29 is 33.6 Å². The van der Waals surface area contributed by atoms with Crippen LogP contribution in [0.4, 0.5) is 0 Å². The lowest BCUT2D eigenvalue weighted by Gasteiger charge is -2.47. The maximum atomic E-state index is 12.1. The van der Waals surface area contributed by atoms with Gasteiger partial charge in [-0.3, -0.25) is 18.6 Å². The summed E-state index contributed by atoms with van der Waals surface area (Å²) in [4.78, 5) is 46.7. The van der Waals surface area contributed by atoms with Crippen LogP contribution in [0.1, 0.15) is 19.3 Å². The Kier molecular flexibility index (Phi) is 7.83. The molecule has 1 fully saturated rings. The molecule has 0 aromatic rings. The Bertz CT molecular complexity index is 586. The molecule has 1 rings (SSSR count). The van der Waals surface area contributed by atoms with E-state index in [2.05, 4.69) is 17.9 Å². The van der Waals surface area contributed by atoms with Gasteiger partial charge >= 0.3 is 11.9 Å². The monoisotopic (exact) mass is 395 g/mol. The van der Waals surface area contributed by atoms with Crippen molar-refractivity contribution in [2.45, 2.75) is 42.8 Å². The lowest BCUT2D eigenvalue weighted by molar-refractivity contribution is -0.160. The molecule has 0 aliphatic carbocycles. The predicted octanol–water partition coefficient (Wildman–Crippen LogP) is -2.02. The lowest BCUT2D eigenvalue weighted by Crippen LogP contribution is -2.72. The summed E-state index contributed by atoms with van der Waals surface area (Å²) in [5.74, 6) is -3.79. The minimum atomic E-state index is -1.42. The summed E-state index contributed by atoms with van der Waals surface area (Å²) in [6.07, 6.45) is 1.65. The van der Waals surface area contributed by atoms with Gasteiger partial charge in [-0.2, -0.15) is 12.6 Å². The molecule has 0 unspecified atom stereocenters. The SMILES string of the molecule is C[S@@](=O)C[C@H](C(=O)O)N1C(=O)[C@@H](NC(=O)CCC[C@H](N)C(=O)O)[C@H]1S. The van der Waals surface area contributed by atoms with Gasteiger partial charge in [-0.25, -0.2) is 4.79 Å². The third-order valence-electron chi connectivity index (χ3n) is 3.67. The van der Waals surface area contributed by atoms with Crippen LogP contribution in [0, 0.1) is 0 Å². The van der Waals surface area contributed by atoms with Crippen molar-refractivity contribution in [2.24, 2.45) is 5.73 Å². The molecule has 142 valence electrons. The van der Waals surface area contributed by atoms with Crippen molar-refractivity contribution in [3.05, 3.63) is 0 Å². The van der Waals surface area contributed by atoms with Crippen LogP contribution in [0.2, 0.25) is 0 Å². The van der Waals surface area contributed by atoms with E-state index in [0.717, 1.165) is 4.90 Å². The number of carbonyl (C=O) groups excluding carboxylic acids is 2. The second-order valence-electron chi connectivity index (χ2n) is 5.64. The molecule has 0 aromatic heterocycles. The molecule has 0 spiro atoms. The number of thiol groups is 1. The molecule has 0 saturated carbocycles. The van der Waals surface area contributed by atoms with Crippen LogP contribution < -0.4 is 11.1 Å². The maximum absolute atomic E-state index is 12.1. The fourth-order valence-corrected chi connectivity index (χ4v) is 3.54. The zero-order chi connectivity index (χ0) is 19.3. The number of amides is 2. The minimum absolute atomic E-state index is 0.0212. The number of hydrogen-bond donors (Lipinski definition) is 5. The van der Waals surface area contributed by atoms with Crippen molar-refractivity contribution in [1.82, 2.24) is 10.2 Å². The van der Waals surface area contributed by atoms with Gasteiger partial charge in [0.2, 0.25) is 11.8 Å². The summed E-state index contributed by atoms with van der Waals surface area (Å²) in [5.41, 5.74) is 5.32. The van der Waals surface area contributed by atoms with Gasteiger partial charge in [-0.1, -0.05) is 0 Å². The lowest BCUT2D eigenvalue weighted by atomic mass is 10.0. The second kappa shape index (κ2) is 9.15. The smallest absolute Gasteiger partial charge is 0.327 e. The number of nitrogens with two attached hydrogens (primary N) is 1. The van der Waals surface area contributed by atoms with Gasteiger partial charge in [0.25, 0.3) is 0 Å². The zero-order valence-electron chi connectivity index (χ0n) is 13.5. The molecule has 12 heteroatoms. The van der Waals surface area contributed by atoms with Gasteiger partial charge < -0.3 is 26.2 Å². The van der Waals surface area contributed by atoms with Crippen molar-refractivity contribution in [3.63, 3.8) is 0 Å². The molecule has 10 nitrogen and oxygen atoms in total. The number of rotatable bonds is 10. The van der Waals surface area contributed by atoms with Gasteiger partial charge in [0, 0.05) is 23.5 Å². The molecule has 1 aliphatic rings. The van der Waals surface area contributed by atoms with Crippen LogP contribution in [0.15, 0.2) is 0 Å². The highest BCUT2D eigenvalue weighted by Gasteiger charge is 2.51. The average molecular weight is 395 g/mol. The van der Waals surface area contributed by atoms with Crippen LogP contribution in [0.25, 0.3) is 0 Å². The number of aliphatic carboxylic acids is 2. The van der Waals surface area contributed by atoms with Gasteiger partial charge in [-0.15, -0.1) is 0 Å². The highest BCUT2D eigenvalue weighted by molar-refractivity contribution is 7.84. The van der Waals surface area contributed by atoms with Crippen molar-refractivity contribution in [3.8, 4) is 0 Å². The Balaban J connectivity index is 2.53. The van der Waals surface area contributed by atoms with Gasteiger partial charge in [-0.05, 0) is 12.8 Å². The largest absolute Gasteiger partial charge is 0.480 e. The number of nitrogens with one attached hydrogen (secondary N) is 1. The Morgan fingerprint density at radius 2 is 1.96 bits per heavy atom. The van der Waals surface area contributed by atoms with E-state index in [1.165, 1.54) is 6.26 Å². The van der Waals surface area contributed by atoms with Crippen LogP contribution >= 0.6 is 12.6 Å². The van der Waals surface area contributed by atoms with Crippen molar-refractivity contribution in [1.29, 1.82) is 0 Å². The fourth-order valence-electron chi connectivity index (χ4n) is 2.32. The average Bonchev–Trinajstić information content (AvgIpc) is 2.51. The van der Waals surface area contributed by atoms with Crippen LogP contribution in [0.3, 0.4) is 0 Å². The molecular weight excluding hydrogens is 374 g/mol. The Hall–Kier alpha value is -1.66. The number of β-lactam (4-membered cyclic amide) rings is 1. The number of carboxylic acid groups (broad SMARTS) is 2. The number of likely N-dealkylation sites (tertiary alicyclic amines) is 1. The molecule has 1 saturated heterocycles. The van der Waals surface area contributed by atoms with E-state index in [-0.39, 0.29) is 25.0 Å². The summed E-state index contributed by atoms with van der Waals surface area (Å²) < 4.78 is 11.3. The van der Waals surface area contributed by atoms with Crippen molar-refractivity contribution >= 4 is 47.2 Å². The molecule has 5 atom stereocenters. The van der Waals surface area contributed by atoms with E-state index in [1.807, 2.05) is 0 Å². The topological polar surface area (TPSA) is 167 Å². The summed E-state index contributed by atoms with van der Waals surface area (Å²) in [5, 5.41) is 19.4. The number of hydrogen-bond acceptors (Lipinski definition) is 7. The third-order valence-corrected chi connectivity index (χ3v) is 5.00. The van der Waals surface area contributed by atoms with E-state index >= 15 is 0 Å². The first-order chi connectivity index (χ1) is 11.6. The summed E-state index contributed by atoms with van der Waals surface area (Å²) in [7, 11) is -1.42. The van der Waals surface area contributed by atoms with Crippen molar-refractivity contribution in [2.75, 3.05) is 12.0 Å². The van der Waals surface area contributed by atoms with E-state index in [4.69, 9.17) is 15.9 Å². The molecule has 1 aliphatic heterocycles. The Labute approximate surface area is 152 Å². The molecule has 2 amide bonds. The highest BCUT2D eigenvalue weighted by atomic mass is 32.2. The van der Waals surface area contributed by atoms with E-state index < -0.39 is 58.1 Å². The van der Waals surface area contributed by atoms with Gasteiger partial charge in [0.05, 0.1) is 5.75 Å². The normalized spacial score (nSPS) is 23.3. The molecule has 0 aromatic carbocycles. The summed E-state index contributed by atoms with van der Waals surface area (Å²) in [6, 6.07) is -3.31. The zero-order valence-corrected chi connectivity index (χ0v) is 15.2.